The van der Waals surface area contributed by atoms with Gasteiger partial charge in [-0.2, -0.15) is 0 Å². The molecule has 1 fully saturated rings. The van der Waals surface area contributed by atoms with Crippen molar-refractivity contribution in [2.75, 3.05) is 33.4 Å². The number of azide groups is 1. The van der Waals surface area contributed by atoms with Gasteiger partial charge in [0.15, 0.2) is 11.5 Å². The van der Waals surface area contributed by atoms with Crippen LogP contribution in [-0.2, 0) is 0 Å². The van der Waals surface area contributed by atoms with Gasteiger partial charge in [0.05, 0.1) is 54.4 Å². The van der Waals surface area contributed by atoms with Gasteiger partial charge in [0.25, 0.3) is 17.7 Å². The molecule has 3 amide bonds. The Balaban J connectivity index is 1.21. The highest BCUT2D eigenvalue weighted by Gasteiger charge is 2.34. The van der Waals surface area contributed by atoms with E-state index in [2.05, 4.69) is 38.5 Å². The molecule has 1 saturated heterocycles. The average molecular weight is 654 g/mol. The van der Waals surface area contributed by atoms with Crippen LogP contribution in [0, 0.1) is 5.92 Å². The van der Waals surface area contributed by atoms with E-state index in [0.717, 1.165) is 30.4 Å². The maximum atomic E-state index is 13.2. The Morgan fingerprint density at radius 2 is 1.71 bits per heavy atom. The highest BCUT2D eigenvalue weighted by Crippen LogP contribution is 2.38. The molecule has 0 aromatic heterocycles. The lowest BCUT2D eigenvalue weighted by molar-refractivity contribution is 0.0777. The Morgan fingerprint density at radius 1 is 1.00 bits per heavy atom. The van der Waals surface area contributed by atoms with Crippen LogP contribution in [0.15, 0.2) is 63.7 Å². The third kappa shape index (κ3) is 7.92. The number of aliphatic imine (C=N–C) groups is 2. The van der Waals surface area contributed by atoms with Crippen LogP contribution in [0.2, 0.25) is 0 Å². The summed E-state index contributed by atoms with van der Waals surface area (Å²) in [4.78, 5) is 52.5. The van der Waals surface area contributed by atoms with Crippen LogP contribution in [0.4, 0.5) is 11.4 Å². The molecule has 3 aliphatic rings. The largest absolute Gasteiger partial charge is 0.493 e. The number of unbranched alkanes of at least 4 members (excludes halogenated alkanes) is 2. The minimum atomic E-state index is -0.862. The fraction of sp³-hybridized carbons (Fsp3) is 0.400. The lowest BCUT2D eigenvalue weighted by Crippen LogP contribution is -2.35. The first-order valence-corrected chi connectivity index (χ1v) is 15.9. The van der Waals surface area contributed by atoms with Crippen LogP contribution in [0.3, 0.4) is 0 Å². The summed E-state index contributed by atoms with van der Waals surface area (Å²) in [6.45, 7) is 11.5. The highest BCUT2D eigenvalue weighted by molar-refractivity contribution is 6.06. The third-order valence-corrected chi connectivity index (χ3v) is 8.38. The van der Waals surface area contributed by atoms with Crippen molar-refractivity contribution in [3.05, 3.63) is 75.7 Å². The fourth-order valence-electron chi connectivity index (χ4n) is 5.69. The number of nitrogens with zero attached hydrogens (tertiary/aromatic N) is 6. The van der Waals surface area contributed by atoms with Gasteiger partial charge in [-0.25, -0.2) is 0 Å². The maximum Gasteiger partial charge on any atom is 0.257 e. The minimum absolute atomic E-state index is 0.0243. The average Bonchev–Trinajstić information content (AvgIpc) is 3.40. The van der Waals surface area contributed by atoms with Crippen molar-refractivity contribution < 1.29 is 28.6 Å². The molecule has 2 aromatic carbocycles. The molecular weight excluding hydrogens is 614 g/mol. The molecule has 2 aromatic rings. The zero-order valence-corrected chi connectivity index (χ0v) is 27.2. The Morgan fingerprint density at radius 3 is 2.46 bits per heavy atom. The molecule has 2 unspecified atom stereocenters. The summed E-state index contributed by atoms with van der Waals surface area (Å²) < 4.78 is 17.6. The predicted octanol–water partition coefficient (Wildman–Crippen LogP) is 6.68. The van der Waals surface area contributed by atoms with Crippen LogP contribution in [0.25, 0.3) is 10.4 Å². The van der Waals surface area contributed by atoms with Crippen molar-refractivity contribution in [3.63, 3.8) is 0 Å². The second-order valence-electron chi connectivity index (χ2n) is 12.1. The summed E-state index contributed by atoms with van der Waals surface area (Å²) in [7, 11) is 1.53. The lowest BCUT2D eigenvalue weighted by atomic mass is 10.0. The van der Waals surface area contributed by atoms with Crippen LogP contribution >= 0.6 is 0 Å². The van der Waals surface area contributed by atoms with Crippen molar-refractivity contribution in [1.29, 1.82) is 0 Å². The van der Waals surface area contributed by atoms with Gasteiger partial charge < -0.3 is 24.4 Å². The van der Waals surface area contributed by atoms with Gasteiger partial charge in [-0.15, -0.1) is 0 Å². The number of hydrogen-bond acceptors (Lipinski definition) is 8. The Hall–Kier alpha value is -5.42. The fourth-order valence-corrected chi connectivity index (χ4v) is 5.69. The number of amides is 3. The standard InChI is InChI=1S/C35H39N7O6/c1-21-8-9-22(2)18-39-33(43)25-13-27(34(44)40-41-36)30(15-28(25)37-17-21)47-10-6-5-7-11-48-32-16-29-26(14-31(32)46-4)35(45)42-20-23(3)12-24(42)19-38-29/h13-17,19,21,24H,2-3,5-12,18,20H2,1,4H3,(H,39,43)/b37-17-. The van der Waals surface area contributed by atoms with Crippen molar-refractivity contribution >= 4 is 41.5 Å². The monoisotopic (exact) mass is 653 g/mol. The van der Waals surface area contributed by atoms with Crippen LogP contribution in [-0.4, -0.2) is 74.5 Å². The number of rotatable bonds is 10. The van der Waals surface area contributed by atoms with Gasteiger partial charge in [-0.3, -0.25) is 24.4 Å². The molecule has 0 radical (unpaired) electrons. The van der Waals surface area contributed by atoms with E-state index in [4.69, 9.17) is 19.7 Å². The second kappa shape index (κ2) is 15.4. The summed E-state index contributed by atoms with van der Waals surface area (Å²) in [5, 5.41) is 6.05. The first kappa shape index (κ1) is 33.9. The molecule has 3 heterocycles. The van der Waals surface area contributed by atoms with E-state index in [1.165, 1.54) is 19.2 Å². The van der Waals surface area contributed by atoms with Crippen molar-refractivity contribution in [1.82, 2.24) is 10.2 Å². The van der Waals surface area contributed by atoms with E-state index in [-0.39, 0.29) is 41.4 Å². The number of fused-ring (bicyclic) bond motifs is 3. The number of nitrogens with one attached hydrogen (secondary N) is 1. The smallest absolute Gasteiger partial charge is 0.257 e. The zero-order chi connectivity index (χ0) is 34.2. The Kier molecular flexibility index (Phi) is 10.9. The predicted molar refractivity (Wildman–Crippen MR) is 183 cm³/mol. The lowest BCUT2D eigenvalue weighted by Gasteiger charge is -2.20. The Bertz CT molecular complexity index is 1740. The van der Waals surface area contributed by atoms with Crippen LogP contribution < -0.4 is 19.5 Å². The van der Waals surface area contributed by atoms with E-state index in [9.17, 15) is 14.4 Å². The molecule has 0 saturated carbocycles. The first-order valence-electron chi connectivity index (χ1n) is 15.9. The molecule has 3 aliphatic heterocycles. The van der Waals surface area contributed by atoms with Gasteiger partial charge in [0.2, 0.25) is 0 Å². The van der Waals surface area contributed by atoms with Gasteiger partial charge >= 0.3 is 0 Å². The minimum Gasteiger partial charge on any atom is -0.493 e. The SMILES string of the molecule is C=C1CCC(C)/C=N\c2cc(OCCCCCOc3cc4c(cc3OC)C(=O)N3CC(=C)CC3C=N4)c(C(=O)N=[N+]=[N-])cc2C(=O)NC1. The molecule has 13 nitrogen and oxygen atoms in total. The van der Waals surface area contributed by atoms with Crippen molar-refractivity contribution in [3.8, 4) is 17.2 Å². The number of carbonyl (C=O) groups excluding carboxylic acids is 3. The third-order valence-electron chi connectivity index (χ3n) is 8.38. The van der Waals surface area contributed by atoms with Crippen LogP contribution in [0.1, 0.15) is 76.5 Å². The highest BCUT2D eigenvalue weighted by atomic mass is 16.5. The summed E-state index contributed by atoms with van der Waals surface area (Å²) in [5.41, 5.74) is 12.3. The number of benzene rings is 2. The van der Waals surface area contributed by atoms with E-state index in [1.807, 2.05) is 6.92 Å². The van der Waals surface area contributed by atoms with Crippen LogP contribution in [0.5, 0.6) is 17.2 Å². The molecule has 2 atom stereocenters. The van der Waals surface area contributed by atoms with Gasteiger partial charge in [0.1, 0.15) is 5.75 Å². The molecule has 1 N–H and O–H groups in total. The van der Waals surface area contributed by atoms with Gasteiger partial charge in [-0.05, 0) is 67.2 Å². The summed E-state index contributed by atoms with van der Waals surface area (Å²) in [6, 6.07) is 6.20. The summed E-state index contributed by atoms with van der Waals surface area (Å²) in [5.74, 6) is -0.133. The second-order valence-corrected chi connectivity index (χ2v) is 12.1. The summed E-state index contributed by atoms with van der Waals surface area (Å²) >= 11 is 0. The van der Waals surface area contributed by atoms with E-state index < -0.39 is 11.8 Å². The number of ether oxygens (including phenoxy) is 3. The maximum absolute atomic E-state index is 13.2. The summed E-state index contributed by atoms with van der Waals surface area (Å²) in [6.07, 6.45) is 7.88. The molecule has 0 bridgehead atoms. The molecule has 48 heavy (non-hydrogen) atoms. The van der Waals surface area contributed by atoms with E-state index >= 15 is 0 Å². The van der Waals surface area contributed by atoms with Gasteiger partial charge in [0, 0.05) is 42.6 Å². The molecule has 0 spiro atoms. The van der Waals surface area contributed by atoms with E-state index in [1.54, 1.807) is 29.5 Å². The zero-order valence-electron chi connectivity index (χ0n) is 27.2. The Labute approximate surface area is 279 Å². The molecule has 5 rings (SSSR count). The molecule has 250 valence electrons. The topological polar surface area (TPSA) is 168 Å². The number of hydrogen-bond donors (Lipinski definition) is 1. The molecular formula is C35H39N7O6. The molecule has 13 heteroatoms. The number of methoxy groups -OCH3 is 1. The first-order chi connectivity index (χ1) is 23.2. The normalized spacial score (nSPS) is 19.5. The van der Waals surface area contributed by atoms with E-state index in [0.29, 0.717) is 67.4 Å². The van der Waals surface area contributed by atoms with Crippen molar-refractivity contribution in [2.45, 2.75) is 51.5 Å². The number of carbonyl (C=O) groups is 3. The quantitative estimate of drug-likeness (QED) is 0.0987. The molecule has 0 aliphatic carbocycles. The van der Waals surface area contributed by atoms with Gasteiger partial charge in [-0.1, -0.05) is 31.2 Å². The van der Waals surface area contributed by atoms with Crippen molar-refractivity contribution in [2.24, 2.45) is 21.0 Å².